The van der Waals surface area contributed by atoms with Gasteiger partial charge < -0.3 is 5.32 Å². The Labute approximate surface area is 220 Å². The zero-order valence-electron chi connectivity index (χ0n) is 19.4. The van der Waals surface area contributed by atoms with Crippen molar-refractivity contribution in [1.29, 1.82) is 0 Å². The maximum Gasteiger partial charge on any atom is 0.264 e. The second kappa shape index (κ2) is 10.2. The summed E-state index contributed by atoms with van der Waals surface area (Å²) < 4.78 is 27.0. The van der Waals surface area contributed by atoms with Crippen molar-refractivity contribution in [2.75, 3.05) is 18.2 Å². The van der Waals surface area contributed by atoms with Gasteiger partial charge in [-0.05, 0) is 59.4 Å². The second-order valence-electron chi connectivity index (χ2n) is 8.68. The molecular formula is C27H23Cl2N3O3S. The third kappa shape index (κ3) is 5.55. The Kier molecular flexibility index (Phi) is 6.99. The van der Waals surface area contributed by atoms with E-state index in [1.54, 1.807) is 0 Å². The van der Waals surface area contributed by atoms with Crippen LogP contribution in [0.15, 0.2) is 72.9 Å². The maximum absolute atomic E-state index is 11.1. The molecule has 0 aliphatic heterocycles. The summed E-state index contributed by atoms with van der Waals surface area (Å²) in [6, 6.07) is 21.7. The van der Waals surface area contributed by atoms with Crippen molar-refractivity contribution >= 4 is 45.0 Å². The highest BCUT2D eigenvalue weighted by Crippen LogP contribution is 2.42. The summed E-state index contributed by atoms with van der Waals surface area (Å²) in [6.45, 7) is 0.113. The first-order valence-electron chi connectivity index (χ1n) is 11.4. The summed E-state index contributed by atoms with van der Waals surface area (Å²) >= 11 is 12.5. The first-order valence-corrected chi connectivity index (χ1v) is 13.9. The zero-order chi connectivity index (χ0) is 25.3. The van der Waals surface area contributed by atoms with Gasteiger partial charge in [0.1, 0.15) is 0 Å². The average Bonchev–Trinajstić information content (AvgIpc) is 2.86. The molecule has 36 heavy (non-hydrogen) atoms. The molecule has 4 aromatic rings. The topological polar surface area (TPSA) is 81.2 Å². The van der Waals surface area contributed by atoms with E-state index in [-0.39, 0.29) is 12.5 Å². The quantitative estimate of drug-likeness (QED) is 0.273. The number of nitrogens with zero attached hydrogens (tertiary/aromatic N) is 2. The highest BCUT2D eigenvalue weighted by atomic mass is 35.5. The molecule has 1 aliphatic rings. The van der Waals surface area contributed by atoms with Crippen LogP contribution in [-0.2, 0) is 27.1 Å². The molecule has 0 radical (unpaired) electrons. The number of hydrogen-bond donors (Lipinski definition) is 1. The molecule has 0 fully saturated rings. The van der Waals surface area contributed by atoms with Gasteiger partial charge in [-0.3, -0.25) is 4.18 Å². The van der Waals surface area contributed by atoms with E-state index in [2.05, 4.69) is 22.4 Å². The molecule has 0 amide bonds. The van der Waals surface area contributed by atoms with Crippen LogP contribution in [0.3, 0.4) is 0 Å². The standard InChI is InChI=1S/C27H23Cl2N3O3S/c1-36(33,34)35-13-12-17-6-9-20(10-7-17)31-27-30-16-19-14-23(18-8-11-24(28)25(29)15-18)21-4-2-3-5-22(21)26(19)32-27/h2-11,15-16,23H,12-14H2,1H3,(H,30,31,32)/t23-/m0/s1. The molecule has 1 aliphatic carbocycles. The Hall–Kier alpha value is -2.97. The van der Waals surface area contributed by atoms with E-state index in [1.807, 2.05) is 60.8 Å². The minimum atomic E-state index is -3.44. The van der Waals surface area contributed by atoms with Crippen LogP contribution in [0, 0.1) is 0 Å². The first kappa shape index (κ1) is 24.7. The van der Waals surface area contributed by atoms with E-state index >= 15 is 0 Å². The molecule has 1 heterocycles. The van der Waals surface area contributed by atoms with Crippen LogP contribution in [0.4, 0.5) is 11.6 Å². The van der Waals surface area contributed by atoms with Crippen molar-refractivity contribution in [3.63, 3.8) is 0 Å². The second-order valence-corrected chi connectivity index (χ2v) is 11.1. The Morgan fingerprint density at radius 2 is 1.81 bits per heavy atom. The van der Waals surface area contributed by atoms with Gasteiger partial charge in [0.2, 0.25) is 5.95 Å². The molecule has 184 valence electrons. The molecule has 0 saturated carbocycles. The van der Waals surface area contributed by atoms with E-state index < -0.39 is 10.1 Å². The first-order chi connectivity index (χ1) is 17.3. The lowest BCUT2D eigenvalue weighted by molar-refractivity contribution is 0.326. The fraction of sp³-hybridized carbons (Fsp3) is 0.185. The average molecular weight is 540 g/mol. The lowest BCUT2D eigenvalue weighted by Crippen LogP contribution is -2.15. The molecule has 1 atom stereocenters. The summed E-state index contributed by atoms with van der Waals surface area (Å²) in [6.07, 6.45) is 4.18. The van der Waals surface area contributed by atoms with Crippen LogP contribution < -0.4 is 5.32 Å². The van der Waals surface area contributed by atoms with Crippen molar-refractivity contribution in [2.45, 2.75) is 18.8 Å². The Balaban J connectivity index is 1.37. The number of hydrogen-bond acceptors (Lipinski definition) is 6. The Morgan fingerprint density at radius 1 is 1.03 bits per heavy atom. The number of fused-ring (bicyclic) bond motifs is 3. The molecule has 0 bridgehead atoms. The minimum absolute atomic E-state index is 0.113. The van der Waals surface area contributed by atoms with Crippen molar-refractivity contribution < 1.29 is 12.6 Å². The summed E-state index contributed by atoms with van der Waals surface area (Å²) in [5.74, 6) is 0.634. The van der Waals surface area contributed by atoms with Gasteiger partial charge in [-0.2, -0.15) is 8.42 Å². The predicted octanol–water partition coefficient (Wildman–Crippen LogP) is 6.40. The van der Waals surface area contributed by atoms with E-state index in [1.165, 1.54) is 5.56 Å². The summed E-state index contributed by atoms with van der Waals surface area (Å²) in [4.78, 5) is 9.42. The third-order valence-corrected chi connectivity index (χ3v) is 7.46. The predicted molar refractivity (Wildman–Crippen MR) is 144 cm³/mol. The van der Waals surface area contributed by atoms with Crippen molar-refractivity contribution in [1.82, 2.24) is 9.97 Å². The molecule has 3 aromatic carbocycles. The van der Waals surface area contributed by atoms with Gasteiger partial charge in [0.25, 0.3) is 10.1 Å². The summed E-state index contributed by atoms with van der Waals surface area (Å²) in [5.41, 5.74) is 7.14. The molecule has 1 N–H and O–H groups in total. The van der Waals surface area contributed by atoms with Crippen molar-refractivity contribution in [3.05, 3.63) is 105 Å². The summed E-state index contributed by atoms with van der Waals surface area (Å²) in [7, 11) is -3.44. The van der Waals surface area contributed by atoms with Crippen LogP contribution in [0.1, 0.15) is 28.2 Å². The molecule has 9 heteroatoms. The fourth-order valence-corrected chi connectivity index (χ4v) is 5.11. The lowest BCUT2D eigenvalue weighted by atomic mass is 9.78. The Bertz CT molecular complexity index is 1530. The number of nitrogens with one attached hydrogen (secondary N) is 1. The fourth-order valence-electron chi connectivity index (χ4n) is 4.42. The van der Waals surface area contributed by atoms with E-state index in [0.717, 1.165) is 46.3 Å². The molecule has 0 spiro atoms. The number of rotatable bonds is 7. The smallest absolute Gasteiger partial charge is 0.264 e. The van der Waals surface area contributed by atoms with Gasteiger partial charge >= 0.3 is 0 Å². The van der Waals surface area contributed by atoms with Crippen LogP contribution in [0.2, 0.25) is 10.0 Å². The summed E-state index contributed by atoms with van der Waals surface area (Å²) in [5, 5.41) is 4.35. The molecule has 6 nitrogen and oxygen atoms in total. The van der Waals surface area contributed by atoms with Crippen molar-refractivity contribution in [3.8, 4) is 11.3 Å². The van der Waals surface area contributed by atoms with Gasteiger partial charge in [0.05, 0.1) is 28.6 Å². The van der Waals surface area contributed by atoms with Crippen LogP contribution >= 0.6 is 23.2 Å². The van der Waals surface area contributed by atoms with E-state index in [4.69, 9.17) is 32.4 Å². The van der Waals surface area contributed by atoms with Gasteiger partial charge in [-0.15, -0.1) is 0 Å². The zero-order valence-corrected chi connectivity index (χ0v) is 21.7. The largest absolute Gasteiger partial charge is 0.324 e. The van der Waals surface area contributed by atoms with E-state index in [9.17, 15) is 8.42 Å². The Morgan fingerprint density at radius 3 is 2.56 bits per heavy atom. The van der Waals surface area contributed by atoms with E-state index in [0.29, 0.717) is 22.4 Å². The molecule has 0 saturated heterocycles. The number of aromatic nitrogens is 2. The number of benzene rings is 3. The highest BCUT2D eigenvalue weighted by molar-refractivity contribution is 7.85. The van der Waals surface area contributed by atoms with Crippen LogP contribution in [0.5, 0.6) is 0 Å². The highest BCUT2D eigenvalue weighted by Gasteiger charge is 2.27. The molecular weight excluding hydrogens is 517 g/mol. The molecule has 5 rings (SSSR count). The number of anilines is 2. The van der Waals surface area contributed by atoms with Gasteiger partial charge in [-0.1, -0.05) is 65.7 Å². The normalized spacial score (nSPS) is 14.7. The molecule has 1 aromatic heterocycles. The molecule has 0 unspecified atom stereocenters. The van der Waals surface area contributed by atoms with Crippen molar-refractivity contribution in [2.24, 2.45) is 0 Å². The van der Waals surface area contributed by atoms with Crippen LogP contribution in [0.25, 0.3) is 11.3 Å². The third-order valence-electron chi connectivity index (χ3n) is 6.12. The van der Waals surface area contributed by atoms with Crippen LogP contribution in [-0.4, -0.2) is 31.2 Å². The minimum Gasteiger partial charge on any atom is -0.324 e. The van der Waals surface area contributed by atoms with Gasteiger partial charge in [-0.25, -0.2) is 9.97 Å². The lowest BCUT2D eigenvalue weighted by Gasteiger charge is -2.27. The van der Waals surface area contributed by atoms with Gasteiger partial charge in [0, 0.05) is 23.4 Å². The maximum atomic E-state index is 11.1. The number of halogens is 2. The van der Waals surface area contributed by atoms with Gasteiger partial charge in [0.15, 0.2) is 0 Å². The monoisotopic (exact) mass is 539 g/mol. The SMILES string of the molecule is CS(=O)(=O)OCCc1ccc(Nc2ncc3c(n2)-c2ccccc2[C@H](c2ccc(Cl)c(Cl)c2)C3)cc1.